The number of hydrogen-bond acceptors (Lipinski definition) is 3. The molecule has 0 aliphatic rings. The highest BCUT2D eigenvalue weighted by Gasteiger charge is 2.15. The molecule has 0 amide bonds. The average molecular weight is 301 g/mol. The molecule has 3 nitrogen and oxygen atoms in total. The molecule has 104 valence electrons. The van der Waals surface area contributed by atoms with Gasteiger partial charge in [-0.25, -0.2) is 8.42 Å². The quantitative estimate of drug-likeness (QED) is 0.598. The van der Waals surface area contributed by atoms with Gasteiger partial charge in [-0.05, 0) is 48.6 Å². The molecule has 0 heterocycles. The third-order valence-corrected chi connectivity index (χ3v) is 4.07. The molecule has 1 aromatic carbocycles. The molecular formula is C14H17ClO3S. The molecule has 0 spiro atoms. The van der Waals surface area contributed by atoms with Gasteiger partial charge in [0.05, 0.1) is 4.90 Å². The molecule has 0 radical (unpaired) electrons. The van der Waals surface area contributed by atoms with E-state index >= 15 is 0 Å². The topological polar surface area (TPSA) is 51.2 Å². The standard InChI is InChI=1S/C14H17ClO3S/c1-3-4-5-6-7-11-8-9-12(14(15)16)10-13(11)19(2,17)18/h4-5,8-10H,3,6-7H2,1-2H3/b5-4+. The molecule has 0 unspecified atom stereocenters. The maximum absolute atomic E-state index is 11.7. The van der Waals surface area contributed by atoms with Crippen LogP contribution >= 0.6 is 11.6 Å². The molecule has 0 saturated heterocycles. The summed E-state index contributed by atoms with van der Waals surface area (Å²) in [5.74, 6) is 0. The van der Waals surface area contributed by atoms with E-state index in [1.165, 1.54) is 6.07 Å². The summed E-state index contributed by atoms with van der Waals surface area (Å²) in [6.45, 7) is 2.04. The van der Waals surface area contributed by atoms with Crippen molar-refractivity contribution in [2.75, 3.05) is 6.26 Å². The summed E-state index contributed by atoms with van der Waals surface area (Å²) in [4.78, 5) is 11.3. The number of carbonyl (C=O) groups excluding carboxylic acids is 1. The van der Waals surface area contributed by atoms with Crippen LogP contribution in [0.5, 0.6) is 0 Å². The number of halogens is 1. The summed E-state index contributed by atoms with van der Waals surface area (Å²) in [5.41, 5.74) is 0.917. The van der Waals surface area contributed by atoms with Crippen molar-refractivity contribution in [1.82, 2.24) is 0 Å². The number of hydrogen-bond donors (Lipinski definition) is 0. The predicted molar refractivity (Wildman–Crippen MR) is 77.5 cm³/mol. The normalized spacial score (nSPS) is 11.9. The Hall–Kier alpha value is -1.13. The van der Waals surface area contributed by atoms with Gasteiger partial charge in [0.2, 0.25) is 0 Å². The van der Waals surface area contributed by atoms with Gasteiger partial charge >= 0.3 is 0 Å². The first-order chi connectivity index (χ1) is 8.86. The van der Waals surface area contributed by atoms with Gasteiger partial charge in [-0.1, -0.05) is 25.1 Å². The Morgan fingerprint density at radius 3 is 2.53 bits per heavy atom. The molecule has 0 aliphatic carbocycles. The van der Waals surface area contributed by atoms with E-state index in [1.54, 1.807) is 12.1 Å². The smallest absolute Gasteiger partial charge is 0.252 e. The Bertz CT molecular complexity index is 589. The van der Waals surface area contributed by atoms with Crippen LogP contribution in [0.15, 0.2) is 35.2 Å². The molecule has 5 heteroatoms. The van der Waals surface area contributed by atoms with E-state index in [9.17, 15) is 13.2 Å². The van der Waals surface area contributed by atoms with Crippen molar-refractivity contribution < 1.29 is 13.2 Å². The van der Waals surface area contributed by atoms with Crippen molar-refractivity contribution in [3.05, 3.63) is 41.5 Å². The maximum Gasteiger partial charge on any atom is 0.252 e. The lowest BCUT2D eigenvalue weighted by molar-refractivity contribution is 0.108. The fourth-order valence-electron chi connectivity index (χ4n) is 1.75. The van der Waals surface area contributed by atoms with Crippen molar-refractivity contribution in [2.24, 2.45) is 0 Å². The highest BCUT2D eigenvalue weighted by molar-refractivity contribution is 7.90. The van der Waals surface area contributed by atoms with Gasteiger partial charge in [0.15, 0.2) is 9.84 Å². The summed E-state index contributed by atoms with van der Waals surface area (Å²) in [7, 11) is -3.37. The Morgan fingerprint density at radius 1 is 1.32 bits per heavy atom. The molecule has 0 atom stereocenters. The van der Waals surface area contributed by atoms with E-state index in [2.05, 4.69) is 0 Å². The van der Waals surface area contributed by atoms with Crippen LogP contribution in [0.4, 0.5) is 0 Å². The van der Waals surface area contributed by atoms with Crippen LogP contribution in [0, 0.1) is 0 Å². The first-order valence-electron chi connectivity index (χ1n) is 6.04. The van der Waals surface area contributed by atoms with Crippen LogP contribution in [0.25, 0.3) is 0 Å². The van der Waals surface area contributed by atoms with E-state index < -0.39 is 15.1 Å². The molecule has 1 rings (SSSR count). The van der Waals surface area contributed by atoms with Crippen LogP contribution in [0.1, 0.15) is 35.7 Å². The van der Waals surface area contributed by atoms with Crippen LogP contribution in [0.2, 0.25) is 0 Å². The molecule has 0 aliphatic heterocycles. The minimum atomic E-state index is -3.37. The van der Waals surface area contributed by atoms with Gasteiger partial charge in [-0.3, -0.25) is 4.79 Å². The third kappa shape index (κ3) is 4.80. The molecule has 0 aromatic heterocycles. The van der Waals surface area contributed by atoms with Crippen molar-refractivity contribution >= 4 is 26.7 Å². The third-order valence-electron chi connectivity index (χ3n) is 2.68. The first kappa shape index (κ1) is 15.9. The number of carbonyl (C=O) groups is 1. The van der Waals surface area contributed by atoms with Gasteiger partial charge in [0.1, 0.15) is 0 Å². The number of sulfone groups is 1. The molecule has 19 heavy (non-hydrogen) atoms. The Kier molecular flexibility index (Phi) is 5.76. The highest BCUT2D eigenvalue weighted by atomic mass is 35.5. The summed E-state index contributed by atoms with van der Waals surface area (Å²) in [5, 5.41) is -0.651. The van der Waals surface area contributed by atoms with E-state index in [4.69, 9.17) is 11.6 Å². The van der Waals surface area contributed by atoms with Crippen LogP contribution in [0.3, 0.4) is 0 Å². The number of aryl methyl sites for hydroxylation is 1. The van der Waals surface area contributed by atoms with Crippen molar-refractivity contribution in [3.63, 3.8) is 0 Å². The molecule has 0 fully saturated rings. The van der Waals surface area contributed by atoms with Crippen LogP contribution in [-0.4, -0.2) is 19.9 Å². The summed E-state index contributed by atoms with van der Waals surface area (Å²) in [6.07, 6.45) is 7.54. The average Bonchev–Trinajstić information content (AvgIpc) is 2.33. The maximum atomic E-state index is 11.7. The Balaban J connectivity index is 3.10. The second kappa shape index (κ2) is 6.87. The molecular weight excluding hydrogens is 284 g/mol. The van der Waals surface area contributed by atoms with Crippen molar-refractivity contribution in [2.45, 2.75) is 31.1 Å². The number of allylic oxidation sites excluding steroid dienone is 2. The predicted octanol–water partition coefficient (Wildman–Crippen LogP) is 3.37. The molecule has 0 saturated carbocycles. The van der Waals surface area contributed by atoms with E-state index in [-0.39, 0.29) is 10.5 Å². The van der Waals surface area contributed by atoms with Crippen molar-refractivity contribution in [3.8, 4) is 0 Å². The fourth-order valence-corrected chi connectivity index (χ4v) is 2.86. The molecule has 1 aromatic rings. The minimum Gasteiger partial charge on any atom is -0.276 e. The second-order valence-corrected chi connectivity index (χ2v) is 6.61. The van der Waals surface area contributed by atoms with E-state index in [0.717, 1.165) is 19.1 Å². The number of benzene rings is 1. The SMILES string of the molecule is CC/C=C/CCc1ccc(C(=O)Cl)cc1S(C)(=O)=O. The lowest BCUT2D eigenvalue weighted by Gasteiger charge is -2.08. The lowest BCUT2D eigenvalue weighted by atomic mass is 10.1. The fraction of sp³-hybridized carbons (Fsp3) is 0.357. The van der Waals surface area contributed by atoms with E-state index in [0.29, 0.717) is 12.0 Å². The summed E-state index contributed by atoms with van der Waals surface area (Å²) in [6, 6.07) is 4.57. The van der Waals surface area contributed by atoms with Gasteiger partial charge in [-0.2, -0.15) is 0 Å². The zero-order chi connectivity index (χ0) is 14.5. The highest BCUT2D eigenvalue weighted by Crippen LogP contribution is 2.20. The first-order valence-corrected chi connectivity index (χ1v) is 8.31. The van der Waals surface area contributed by atoms with Gasteiger partial charge < -0.3 is 0 Å². The van der Waals surface area contributed by atoms with Crippen LogP contribution in [-0.2, 0) is 16.3 Å². The molecule has 0 bridgehead atoms. The molecule has 0 N–H and O–H groups in total. The monoisotopic (exact) mass is 300 g/mol. The Morgan fingerprint density at radius 2 is 2.00 bits per heavy atom. The van der Waals surface area contributed by atoms with Gasteiger partial charge in [0.25, 0.3) is 5.24 Å². The van der Waals surface area contributed by atoms with Crippen molar-refractivity contribution in [1.29, 1.82) is 0 Å². The van der Waals surface area contributed by atoms with Gasteiger partial charge in [0, 0.05) is 11.8 Å². The minimum absolute atomic E-state index is 0.184. The van der Waals surface area contributed by atoms with Gasteiger partial charge in [-0.15, -0.1) is 0 Å². The summed E-state index contributed by atoms with van der Waals surface area (Å²) < 4.78 is 23.5. The second-order valence-electron chi connectivity index (χ2n) is 4.29. The van der Waals surface area contributed by atoms with E-state index in [1.807, 2.05) is 19.1 Å². The Labute approximate surface area is 119 Å². The largest absolute Gasteiger partial charge is 0.276 e. The van der Waals surface area contributed by atoms with Crippen LogP contribution < -0.4 is 0 Å². The zero-order valence-electron chi connectivity index (χ0n) is 11.0. The lowest BCUT2D eigenvalue weighted by Crippen LogP contribution is -2.04. The number of rotatable bonds is 6. The zero-order valence-corrected chi connectivity index (χ0v) is 12.6. The summed E-state index contributed by atoms with van der Waals surface area (Å²) >= 11 is 5.38.